The fraction of sp³-hybridized carbons (Fsp3) is 0.176. The zero-order valence-corrected chi connectivity index (χ0v) is 12.6. The van der Waals surface area contributed by atoms with Gasteiger partial charge in [-0.15, -0.1) is 0 Å². The van der Waals surface area contributed by atoms with Crippen LogP contribution in [0.15, 0.2) is 53.3 Å². The molecule has 2 aromatic heterocycles. The van der Waals surface area contributed by atoms with E-state index in [1.165, 1.54) is 6.26 Å². The number of nitrogens with one attached hydrogen (secondary N) is 1. The Bertz CT molecular complexity index is 834. The number of amides is 1. The Morgan fingerprint density at radius 1 is 1.22 bits per heavy atom. The normalized spacial score (nSPS) is 10.7. The van der Waals surface area contributed by atoms with Gasteiger partial charge in [-0.25, -0.2) is 4.79 Å². The van der Waals surface area contributed by atoms with Crippen LogP contribution in [-0.2, 0) is 23.1 Å². The molecule has 23 heavy (non-hydrogen) atoms. The summed E-state index contributed by atoms with van der Waals surface area (Å²) in [5.74, 6) is -0.260. The molecule has 6 heteroatoms. The molecule has 0 radical (unpaired) electrons. The highest BCUT2D eigenvalue weighted by molar-refractivity contribution is 6.04. The van der Waals surface area contributed by atoms with E-state index in [1.807, 2.05) is 35.9 Å². The first-order chi connectivity index (χ1) is 11.1. The molecule has 0 bridgehead atoms. The molecule has 0 saturated carbocycles. The third-order valence-electron chi connectivity index (χ3n) is 3.49. The summed E-state index contributed by atoms with van der Waals surface area (Å²) in [5, 5.41) is 3.42. The standard InChI is InChI=1S/C17H16N2O4/c1-19-10-14(13-6-2-3-7-15(13)19)17(21)23-11-16(20)18-9-12-5-4-8-22-12/h2-8,10H,9,11H2,1H3,(H,18,20). The van der Waals surface area contributed by atoms with Gasteiger partial charge >= 0.3 is 5.97 Å². The van der Waals surface area contributed by atoms with Crippen molar-refractivity contribution < 1.29 is 18.7 Å². The van der Waals surface area contributed by atoms with Gasteiger partial charge in [0.05, 0.1) is 18.4 Å². The Morgan fingerprint density at radius 2 is 2.04 bits per heavy atom. The van der Waals surface area contributed by atoms with Crippen LogP contribution in [0.4, 0.5) is 0 Å². The van der Waals surface area contributed by atoms with Crippen LogP contribution in [0.1, 0.15) is 16.1 Å². The molecular formula is C17H16N2O4. The Labute approximate surface area is 132 Å². The van der Waals surface area contributed by atoms with Crippen molar-refractivity contribution >= 4 is 22.8 Å². The van der Waals surface area contributed by atoms with Gasteiger partial charge in [0.2, 0.25) is 0 Å². The fourth-order valence-corrected chi connectivity index (χ4v) is 2.36. The Balaban J connectivity index is 1.59. The lowest BCUT2D eigenvalue weighted by molar-refractivity contribution is -0.124. The quantitative estimate of drug-likeness (QED) is 0.733. The highest BCUT2D eigenvalue weighted by Crippen LogP contribution is 2.20. The summed E-state index contributed by atoms with van der Waals surface area (Å²) in [6.07, 6.45) is 3.23. The third-order valence-corrected chi connectivity index (χ3v) is 3.49. The van der Waals surface area contributed by atoms with Crippen molar-refractivity contribution in [2.24, 2.45) is 7.05 Å². The molecule has 1 N–H and O–H groups in total. The number of hydrogen-bond acceptors (Lipinski definition) is 4. The van der Waals surface area contributed by atoms with Crippen LogP contribution in [0.5, 0.6) is 0 Å². The summed E-state index contributed by atoms with van der Waals surface area (Å²) in [6, 6.07) is 11.0. The number of hydrogen-bond donors (Lipinski definition) is 1. The van der Waals surface area contributed by atoms with E-state index in [2.05, 4.69) is 5.32 Å². The maximum atomic E-state index is 12.2. The Morgan fingerprint density at radius 3 is 2.83 bits per heavy atom. The summed E-state index contributed by atoms with van der Waals surface area (Å²) < 4.78 is 12.0. The minimum Gasteiger partial charge on any atom is -0.467 e. The molecule has 0 aliphatic carbocycles. The van der Waals surface area contributed by atoms with Gasteiger partial charge < -0.3 is 19.0 Å². The zero-order valence-electron chi connectivity index (χ0n) is 12.6. The van der Waals surface area contributed by atoms with Crippen LogP contribution in [0.2, 0.25) is 0 Å². The molecule has 0 unspecified atom stereocenters. The van der Waals surface area contributed by atoms with E-state index in [0.29, 0.717) is 11.3 Å². The van der Waals surface area contributed by atoms with E-state index in [0.717, 1.165) is 10.9 Å². The lowest BCUT2D eigenvalue weighted by Crippen LogP contribution is -2.28. The van der Waals surface area contributed by atoms with Gasteiger partial charge in [-0.05, 0) is 18.2 Å². The number of para-hydroxylation sites is 1. The number of carbonyl (C=O) groups is 2. The molecule has 0 atom stereocenters. The molecule has 118 valence electrons. The summed E-state index contributed by atoms with van der Waals surface area (Å²) in [6.45, 7) is -0.0690. The number of ether oxygens (including phenoxy) is 1. The number of carbonyl (C=O) groups excluding carboxylic acids is 2. The first-order valence-electron chi connectivity index (χ1n) is 7.15. The second-order valence-electron chi connectivity index (χ2n) is 5.10. The van der Waals surface area contributed by atoms with Crippen molar-refractivity contribution in [1.82, 2.24) is 9.88 Å². The number of aryl methyl sites for hydroxylation is 1. The number of benzene rings is 1. The second kappa shape index (κ2) is 6.39. The van der Waals surface area contributed by atoms with E-state index in [9.17, 15) is 9.59 Å². The average Bonchev–Trinajstić information content (AvgIpc) is 3.19. The van der Waals surface area contributed by atoms with Gasteiger partial charge in [-0.2, -0.15) is 0 Å². The largest absolute Gasteiger partial charge is 0.467 e. The number of nitrogens with zero attached hydrogens (tertiary/aromatic N) is 1. The molecule has 0 saturated heterocycles. The van der Waals surface area contributed by atoms with Gasteiger partial charge in [0.15, 0.2) is 6.61 Å². The van der Waals surface area contributed by atoms with Crippen LogP contribution in [-0.4, -0.2) is 23.1 Å². The molecule has 6 nitrogen and oxygen atoms in total. The van der Waals surface area contributed by atoms with Crippen molar-refractivity contribution in [2.45, 2.75) is 6.54 Å². The van der Waals surface area contributed by atoms with E-state index in [1.54, 1.807) is 18.3 Å². The van der Waals surface area contributed by atoms with Crippen molar-refractivity contribution in [3.63, 3.8) is 0 Å². The van der Waals surface area contributed by atoms with Crippen LogP contribution in [0.3, 0.4) is 0 Å². The highest BCUT2D eigenvalue weighted by atomic mass is 16.5. The SMILES string of the molecule is Cn1cc(C(=O)OCC(=O)NCc2ccco2)c2ccccc21. The van der Waals surface area contributed by atoms with Gasteiger partial charge in [0.1, 0.15) is 5.76 Å². The summed E-state index contributed by atoms with van der Waals surface area (Å²) in [7, 11) is 1.86. The number of aromatic nitrogens is 1. The van der Waals surface area contributed by atoms with Gasteiger partial charge in [0.25, 0.3) is 5.91 Å². The molecular weight excluding hydrogens is 296 g/mol. The third kappa shape index (κ3) is 3.26. The maximum Gasteiger partial charge on any atom is 0.340 e. The minimum atomic E-state index is -0.519. The molecule has 1 amide bonds. The fourth-order valence-electron chi connectivity index (χ4n) is 2.36. The van der Waals surface area contributed by atoms with E-state index >= 15 is 0 Å². The zero-order chi connectivity index (χ0) is 16.2. The Kier molecular flexibility index (Phi) is 4.14. The molecule has 2 heterocycles. The number of fused-ring (bicyclic) bond motifs is 1. The van der Waals surface area contributed by atoms with Crippen molar-refractivity contribution in [3.05, 3.63) is 60.2 Å². The van der Waals surface area contributed by atoms with E-state index in [-0.39, 0.29) is 19.1 Å². The summed E-state index contributed by atoms with van der Waals surface area (Å²) >= 11 is 0. The maximum absolute atomic E-state index is 12.2. The van der Waals surface area contributed by atoms with Crippen molar-refractivity contribution in [3.8, 4) is 0 Å². The first kappa shape index (κ1) is 14.9. The smallest absolute Gasteiger partial charge is 0.340 e. The molecule has 1 aromatic carbocycles. The highest BCUT2D eigenvalue weighted by Gasteiger charge is 2.16. The lowest BCUT2D eigenvalue weighted by atomic mass is 10.2. The van der Waals surface area contributed by atoms with Gasteiger partial charge in [-0.1, -0.05) is 18.2 Å². The van der Waals surface area contributed by atoms with Gasteiger partial charge in [-0.3, -0.25) is 4.79 Å². The Hall–Kier alpha value is -3.02. The first-order valence-corrected chi connectivity index (χ1v) is 7.15. The number of furan rings is 1. The van der Waals surface area contributed by atoms with Crippen LogP contribution < -0.4 is 5.32 Å². The molecule has 0 fully saturated rings. The molecule has 0 spiro atoms. The van der Waals surface area contributed by atoms with Crippen LogP contribution >= 0.6 is 0 Å². The summed E-state index contributed by atoms with van der Waals surface area (Å²) in [4.78, 5) is 23.9. The van der Waals surface area contributed by atoms with Crippen LogP contribution in [0.25, 0.3) is 10.9 Å². The van der Waals surface area contributed by atoms with Gasteiger partial charge in [0, 0.05) is 24.1 Å². The van der Waals surface area contributed by atoms with E-state index < -0.39 is 5.97 Å². The average molecular weight is 312 g/mol. The number of esters is 1. The van der Waals surface area contributed by atoms with E-state index in [4.69, 9.17) is 9.15 Å². The molecule has 3 aromatic rings. The number of rotatable bonds is 5. The molecule has 3 rings (SSSR count). The molecule has 0 aliphatic heterocycles. The summed E-state index contributed by atoms with van der Waals surface area (Å²) in [5.41, 5.74) is 1.38. The van der Waals surface area contributed by atoms with Crippen LogP contribution in [0, 0.1) is 0 Å². The monoisotopic (exact) mass is 312 g/mol. The van der Waals surface area contributed by atoms with Crippen molar-refractivity contribution in [2.75, 3.05) is 6.61 Å². The molecule has 0 aliphatic rings. The topological polar surface area (TPSA) is 73.5 Å². The predicted molar refractivity (Wildman–Crippen MR) is 83.8 cm³/mol. The minimum absolute atomic E-state index is 0.262. The lowest BCUT2D eigenvalue weighted by Gasteiger charge is -2.05. The second-order valence-corrected chi connectivity index (χ2v) is 5.10. The van der Waals surface area contributed by atoms with Crippen molar-refractivity contribution in [1.29, 1.82) is 0 Å². The predicted octanol–water partition coefficient (Wildman–Crippen LogP) is 2.24.